The van der Waals surface area contributed by atoms with Gasteiger partial charge in [0.15, 0.2) is 0 Å². The molecular weight excluding hydrogens is 243 g/mol. The van der Waals surface area contributed by atoms with Gasteiger partial charge in [0.2, 0.25) is 0 Å². The first-order valence-electron chi connectivity index (χ1n) is 5.43. The lowest BCUT2D eigenvalue weighted by atomic mass is 10.0. The quantitative estimate of drug-likeness (QED) is 0.848. The first kappa shape index (κ1) is 12.0. The predicted octanol–water partition coefficient (Wildman–Crippen LogP) is 3.55. The molecule has 1 heterocycles. The molecule has 0 amide bonds. The molecule has 1 fully saturated rings. The molecule has 1 aromatic carbocycles. The SMILES string of the molecule is CC1(C)CC(Nc2cc(Cl)ccc2Cl)CN1. The zero-order valence-corrected chi connectivity index (χ0v) is 11.0. The second-order valence-electron chi connectivity index (χ2n) is 4.93. The van der Waals surface area contributed by atoms with Crippen molar-refractivity contribution in [1.82, 2.24) is 5.32 Å². The first-order chi connectivity index (χ1) is 7.46. The number of halogens is 2. The van der Waals surface area contributed by atoms with Crippen LogP contribution in [0.2, 0.25) is 10.0 Å². The predicted molar refractivity (Wildman–Crippen MR) is 70.6 cm³/mol. The molecule has 88 valence electrons. The van der Waals surface area contributed by atoms with Crippen molar-refractivity contribution in [3.63, 3.8) is 0 Å². The fourth-order valence-electron chi connectivity index (χ4n) is 2.09. The third-order valence-electron chi connectivity index (χ3n) is 2.87. The van der Waals surface area contributed by atoms with Crippen LogP contribution in [0.15, 0.2) is 18.2 Å². The van der Waals surface area contributed by atoms with E-state index in [4.69, 9.17) is 23.2 Å². The van der Waals surface area contributed by atoms with E-state index >= 15 is 0 Å². The van der Waals surface area contributed by atoms with Gasteiger partial charge in [-0.2, -0.15) is 0 Å². The molecule has 16 heavy (non-hydrogen) atoms. The van der Waals surface area contributed by atoms with Crippen molar-refractivity contribution in [2.45, 2.75) is 31.8 Å². The Hall–Kier alpha value is -0.440. The molecule has 1 aromatic rings. The summed E-state index contributed by atoms with van der Waals surface area (Å²) < 4.78 is 0. The van der Waals surface area contributed by atoms with E-state index in [1.165, 1.54) is 0 Å². The normalized spacial score (nSPS) is 23.4. The number of nitrogens with one attached hydrogen (secondary N) is 2. The average molecular weight is 259 g/mol. The van der Waals surface area contributed by atoms with E-state index < -0.39 is 0 Å². The lowest BCUT2D eigenvalue weighted by molar-refractivity contribution is 0.457. The molecule has 0 spiro atoms. The molecule has 0 radical (unpaired) electrons. The zero-order valence-electron chi connectivity index (χ0n) is 9.48. The second-order valence-corrected chi connectivity index (χ2v) is 5.78. The Morgan fingerprint density at radius 3 is 2.75 bits per heavy atom. The van der Waals surface area contributed by atoms with Gasteiger partial charge in [-0.1, -0.05) is 23.2 Å². The van der Waals surface area contributed by atoms with E-state index in [9.17, 15) is 0 Å². The van der Waals surface area contributed by atoms with Gasteiger partial charge < -0.3 is 10.6 Å². The molecule has 0 aromatic heterocycles. The molecule has 0 aliphatic carbocycles. The van der Waals surface area contributed by atoms with Crippen LogP contribution in [0.1, 0.15) is 20.3 Å². The molecule has 1 aliphatic heterocycles. The third kappa shape index (κ3) is 2.82. The Morgan fingerprint density at radius 1 is 1.38 bits per heavy atom. The van der Waals surface area contributed by atoms with Crippen molar-refractivity contribution in [3.8, 4) is 0 Å². The Kier molecular flexibility index (Phi) is 3.34. The van der Waals surface area contributed by atoms with E-state index in [0.717, 1.165) is 18.7 Å². The summed E-state index contributed by atoms with van der Waals surface area (Å²) in [5.74, 6) is 0. The van der Waals surface area contributed by atoms with Crippen molar-refractivity contribution >= 4 is 28.9 Å². The van der Waals surface area contributed by atoms with Crippen molar-refractivity contribution in [2.24, 2.45) is 0 Å². The maximum absolute atomic E-state index is 6.10. The lowest BCUT2D eigenvalue weighted by Crippen LogP contribution is -2.31. The molecule has 1 unspecified atom stereocenters. The highest BCUT2D eigenvalue weighted by molar-refractivity contribution is 6.35. The lowest BCUT2D eigenvalue weighted by Gasteiger charge is -2.18. The summed E-state index contributed by atoms with van der Waals surface area (Å²) >= 11 is 12.0. The Bertz CT molecular complexity index is 391. The summed E-state index contributed by atoms with van der Waals surface area (Å²) in [5, 5.41) is 8.31. The van der Waals surface area contributed by atoms with Gasteiger partial charge in [-0.05, 0) is 38.5 Å². The highest BCUT2D eigenvalue weighted by atomic mass is 35.5. The average Bonchev–Trinajstić information content (AvgIpc) is 2.52. The fourth-order valence-corrected chi connectivity index (χ4v) is 2.43. The summed E-state index contributed by atoms with van der Waals surface area (Å²) in [6, 6.07) is 5.90. The topological polar surface area (TPSA) is 24.1 Å². The molecule has 0 saturated carbocycles. The van der Waals surface area contributed by atoms with Crippen LogP contribution < -0.4 is 10.6 Å². The van der Waals surface area contributed by atoms with Crippen LogP contribution in [-0.4, -0.2) is 18.1 Å². The van der Waals surface area contributed by atoms with E-state index in [1.807, 2.05) is 12.1 Å². The molecule has 1 atom stereocenters. The van der Waals surface area contributed by atoms with Crippen LogP contribution in [0.3, 0.4) is 0 Å². The van der Waals surface area contributed by atoms with Crippen molar-refractivity contribution in [3.05, 3.63) is 28.2 Å². The van der Waals surface area contributed by atoms with Gasteiger partial charge in [-0.3, -0.25) is 0 Å². The van der Waals surface area contributed by atoms with Crippen LogP contribution >= 0.6 is 23.2 Å². The minimum atomic E-state index is 0.197. The molecule has 2 N–H and O–H groups in total. The standard InChI is InChI=1S/C12H16Cl2N2/c1-12(2)6-9(7-15-12)16-11-5-8(13)3-4-10(11)14/h3-5,9,15-16H,6-7H2,1-2H3. The van der Waals surface area contributed by atoms with Gasteiger partial charge in [-0.25, -0.2) is 0 Å². The zero-order chi connectivity index (χ0) is 11.8. The van der Waals surface area contributed by atoms with Gasteiger partial charge in [0.1, 0.15) is 0 Å². The summed E-state index contributed by atoms with van der Waals surface area (Å²) in [6.07, 6.45) is 1.08. The van der Waals surface area contributed by atoms with E-state index in [2.05, 4.69) is 24.5 Å². The van der Waals surface area contributed by atoms with E-state index in [-0.39, 0.29) is 5.54 Å². The largest absolute Gasteiger partial charge is 0.380 e. The molecule has 4 heteroatoms. The summed E-state index contributed by atoms with van der Waals surface area (Å²) in [5.41, 5.74) is 1.11. The van der Waals surface area contributed by atoms with Gasteiger partial charge in [0.25, 0.3) is 0 Å². The van der Waals surface area contributed by atoms with Crippen LogP contribution in [0, 0.1) is 0 Å². The first-order valence-corrected chi connectivity index (χ1v) is 6.18. The van der Waals surface area contributed by atoms with E-state index in [0.29, 0.717) is 16.1 Å². The van der Waals surface area contributed by atoms with Gasteiger partial charge >= 0.3 is 0 Å². The van der Waals surface area contributed by atoms with Crippen LogP contribution in [0.4, 0.5) is 5.69 Å². The molecule has 0 bridgehead atoms. The number of hydrogen-bond acceptors (Lipinski definition) is 2. The fraction of sp³-hybridized carbons (Fsp3) is 0.500. The molecule has 2 rings (SSSR count). The van der Waals surface area contributed by atoms with Gasteiger partial charge in [-0.15, -0.1) is 0 Å². The Morgan fingerprint density at radius 2 is 2.12 bits per heavy atom. The van der Waals surface area contributed by atoms with Crippen molar-refractivity contribution in [2.75, 3.05) is 11.9 Å². The maximum Gasteiger partial charge on any atom is 0.0638 e. The smallest absolute Gasteiger partial charge is 0.0638 e. The van der Waals surface area contributed by atoms with Crippen LogP contribution in [0.5, 0.6) is 0 Å². The second kappa shape index (κ2) is 4.44. The number of hydrogen-bond donors (Lipinski definition) is 2. The van der Waals surface area contributed by atoms with Crippen molar-refractivity contribution < 1.29 is 0 Å². The minimum Gasteiger partial charge on any atom is -0.380 e. The number of benzene rings is 1. The molecular formula is C12H16Cl2N2. The molecule has 2 nitrogen and oxygen atoms in total. The van der Waals surface area contributed by atoms with Gasteiger partial charge in [0.05, 0.1) is 10.7 Å². The summed E-state index contributed by atoms with van der Waals surface area (Å²) in [6.45, 7) is 5.36. The van der Waals surface area contributed by atoms with Crippen molar-refractivity contribution in [1.29, 1.82) is 0 Å². The summed E-state index contributed by atoms with van der Waals surface area (Å²) in [7, 11) is 0. The van der Waals surface area contributed by atoms with Crippen LogP contribution in [0.25, 0.3) is 0 Å². The Balaban J connectivity index is 2.07. The Labute approximate surface area is 106 Å². The highest BCUT2D eigenvalue weighted by Crippen LogP contribution is 2.28. The van der Waals surface area contributed by atoms with Crippen LogP contribution in [-0.2, 0) is 0 Å². The maximum atomic E-state index is 6.10. The minimum absolute atomic E-state index is 0.197. The third-order valence-corrected chi connectivity index (χ3v) is 3.44. The molecule has 1 aliphatic rings. The summed E-state index contributed by atoms with van der Waals surface area (Å²) in [4.78, 5) is 0. The van der Waals surface area contributed by atoms with Gasteiger partial charge in [0, 0.05) is 23.1 Å². The monoisotopic (exact) mass is 258 g/mol. The van der Waals surface area contributed by atoms with E-state index in [1.54, 1.807) is 6.07 Å². The number of rotatable bonds is 2. The highest BCUT2D eigenvalue weighted by Gasteiger charge is 2.30. The molecule has 1 saturated heterocycles. The number of anilines is 1.